The molecule has 1 unspecified atom stereocenters. The third kappa shape index (κ3) is 5.03. The summed E-state index contributed by atoms with van der Waals surface area (Å²) in [5.74, 6) is -0.0913. The van der Waals surface area contributed by atoms with E-state index in [0.717, 1.165) is 17.7 Å². The topological polar surface area (TPSA) is 45.2 Å². The predicted molar refractivity (Wildman–Crippen MR) is 109 cm³/mol. The smallest absolute Gasteiger partial charge is 0.239 e. The highest BCUT2D eigenvalue weighted by molar-refractivity contribution is 8.23. The maximum absolute atomic E-state index is 12.3. The number of nitrogens with one attached hydrogen (secondary N) is 1. The van der Waals surface area contributed by atoms with E-state index >= 15 is 0 Å². The van der Waals surface area contributed by atoms with Gasteiger partial charge in [0.2, 0.25) is 5.91 Å². The van der Waals surface area contributed by atoms with Gasteiger partial charge in [-0.15, -0.1) is 11.3 Å². The molecule has 2 aromatic rings. The Morgan fingerprint density at radius 1 is 1.38 bits per heavy atom. The normalized spacial score (nSPS) is 11.8. The van der Waals surface area contributed by atoms with Crippen LogP contribution in [0.25, 0.3) is 11.3 Å². The zero-order valence-electron chi connectivity index (χ0n) is 14.2. The number of hydrogen-bond donors (Lipinski definition) is 1. The Bertz CT molecular complexity index is 710. The van der Waals surface area contributed by atoms with Gasteiger partial charge in [0.25, 0.3) is 0 Å². The Morgan fingerprint density at radius 3 is 2.62 bits per heavy atom. The molecule has 1 atom stereocenters. The number of hydrogen-bond acceptors (Lipinski definition) is 5. The summed E-state index contributed by atoms with van der Waals surface area (Å²) in [6, 6.07) is 8.34. The van der Waals surface area contributed by atoms with Gasteiger partial charge in [0.05, 0.1) is 10.9 Å². The van der Waals surface area contributed by atoms with Crippen LogP contribution in [0.15, 0.2) is 29.6 Å². The van der Waals surface area contributed by atoms with Crippen molar-refractivity contribution in [1.29, 1.82) is 0 Å². The fourth-order valence-corrected chi connectivity index (χ4v) is 3.73. The van der Waals surface area contributed by atoms with Crippen molar-refractivity contribution < 1.29 is 4.79 Å². The second-order valence-corrected chi connectivity index (χ2v) is 8.33. The number of thioether (sulfide) groups is 1. The Morgan fingerprint density at radius 2 is 2.04 bits per heavy atom. The number of aryl methyl sites for hydroxylation is 1. The lowest BCUT2D eigenvalue weighted by atomic mass is 10.1. The molecule has 1 heterocycles. The number of rotatable bonds is 5. The zero-order chi connectivity index (χ0) is 17.7. The third-order valence-corrected chi connectivity index (χ3v) is 5.95. The number of carbonyl (C=O) groups is 1. The molecule has 0 fully saturated rings. The molecule has 24 heavy (non-hydrogen) atoms. The van der Waals surface area contributed by atoms with Gasteiger partial charge in [-0.1, -0.05) is 55.2 Å². The minimum atomic E-state index is -0.268. The number of carbonyl (C=O) groups excluding carboxylic acids is 1. The third-order valence-electron chi connectivity index (χ3n) is 3.40. The van der Waals surface area contributed by atoms with Crippen LogP contribution in [0.2, 0.25) is 0 Å². The highest BCUT2D eigenvalue weighted by Crippen LogP contribution is 2.26. The number of aromatic nitrogens is 1. The monoisotopic (exact) mass is 379 g/mol. The average Bonchev–Trinajstić information content (AvgIpc) is 3.03. The largest absolute Gasteiger partial charge is 0.364 e. The molecule has 0 radical (unpaired) electrons. The fraction of sp³-hybridized carbons (Fsp3) is 0.353. The summed E-state index contributed by atoms with van der Waals surface area (Å²) in [4.78, 5) is 18.6. The highest BCUT2D eigenvalue weighted by atomic mass is 32.2. The van der Waals surface area contributed by atoms with Gasteiger partial charge in [0, 0.05) is 25.0 Å². The predicted octanol–water partition coefficient (Wildman–Crippen LogP) is 4.28. The summed E-state index contributed by atoms with van der Waals surface area (Å²) >= 11 is 8.02. The summed E-state index contributed by atoms with van der Waals surface area (Å²) in [5.41, 5.74) is 3.23. The molecule has 0 aliphatic heterocycles. The number of benzene rings is 1. The van der Waals surface area contributed by atoms with Crippen LogP contribution in [0.1, 0.15) is 19.4 Å². The number of thiocarbonyl (C=S) groups is 1. The second kappa shape index (κ2) is 8.60. The van der Waals surface area contributed by atoms with Crippen molar-refractivity contribution in [2.24, 2.45) is 0 Å². The first-order valence-corrected chi connectivity index (χ1v) is 9.81. The van der Waals surface area contributed by atoms with Gasteiger partial charge in [-0.25, -0.2) is 4.98 Å². The Labute approximate surface area is 156 Å². The standard InChI is InChI=1S/C17H21N3OS3/c1-5-12-6-8-13(9-7-12)14-10-23-16(18-14)19-15(21)11(2)24-17(22)20(3)4/h6-11H,5H2,1-4H3,(H,18,19,21). The Balaban J connectivity index is 2.00. The van der Waals surface area contributed by atoms with Crippen molar-refractivity contribution in [2.75, 3.05) is 19.4 Å². The fourth-order valence-electron chi connectivity index (χ4n) is 1.89. The van der Waals surface area contributed by atoms with Gasteiger partial charge in [-0.3, -0.25) is 4.79 Å². The quantitative estimate of drug-likeness (QED) is 0.786. The van der Waals surface area contributed by atoms with E-state index in [0.29, 0.717) is 9.45 Å². The molecule has 0 saturated heterocycles. The van der Waals surface area contributed by atoms with Crippen molar-refractivity contribution in [3.05, 3.63) is 35.2 Å². The SMILES string of the molecule is CCc1ccc(-c2csc(NC(=O)C(C)SC(=S)N(C)C)n2)cc1. The average molecular weight is 380 g/mol. The van der Waals surface area contributed by atoms with Gasteiger partial charge < -0.3 is 10.2 Å². The van der Waals surface area contributed by atoms with Gasteiger partial charge >= 0.3 is 0 Å². The molecule has 7 heteroatoms. The lowest BCUT2D eigenvalue weighted by Gasteiger charge is -2.16. The van der Waals surface area contributed by atoms with E-state index in [4.69, 9.17) is 12.2 Å². The van der Waals surface area contributed by atoms with Crippen LogP contribution in [0.3, 0.4) is 0 Å². The Hall–Kier alpha value is -1.44. The first-order valence-electron chi connectivity index (χ1n) is 7.64. The van der Waals surface area contributed by atoms with E-state index in [1.165, 1.54) is 28.7 Å². The van der Waals surface area contributed by atoms with E-state index in [9.17, 15) is 4.79 Å². The van der Waals surface area contributed by atoms with Crippen LogP contribution < -0.4 is 5.32 Å². The maximum Gasteiger partial charge on any atom is 0.239 e. The van der Waals surface area contributed by atoms with Crippen molar-refractivity contribution in [3.8, 4) is 11.3 Å². The molecule has 1 amide bonds. The van der Waals surface area contributed by atoms with Crippen LogP contribution in [0.4, 0.5) is 5.13 Å². The molecule has 1 N–H and O–H groups in total. The number of thiazole rings is 1. The summed E-state index contributed by atoms with van der Waals surface area (Å²) in [6.07, 6.45) is 1.02. The summed E-state index contributed by atoms with van der Waals surface area (Å²) in [5, 5.41) is 5.17. The molecular weight excluding hydrogens is 358 g/mol. The molecular formula is C17H21N3OS3. The van der Waals surface area contributed by atoms with Gasteiger partial charge in [-0.05, 0) is 18.9 Å². The van der Waals surface area contributed by atoms with Crippen LogP contribution in [0, 0.1) is 0 Å². The van der Waals surface area contributed by atoms with E-state index in [2.05, 4.69) is 41.5 Å². The van der Waals surface area contributed by atoms with Crippen LogP contribution in [0.5, 0.6) is 0 Å². The number of anilines is 1. The molecule has 0 saturated carbocycles. The molecule has 4 nitrogen and oxygen atoms in total. The van der Waals surface area contributed by atoms with E-state index < -0.39 is 0 Å². The van der Waals surface area contributed by atoms with Crippen molar-refractivity contribution in [2.45, 2.75) is 25.5 Å². The van der Waals surface area contributed by atoms with Crippen molar-refractivity contribution in [3.63, 3.8) is 0 Å². The lowest BCUT2D eigenvalue weighted by Crippen LogP contribution is -2.26. The van der Waals surface area contributed by atoms with E-state index in [1.54, 1.807) is 0 Å². The molecule has 1 aromatic carbocycles. The second-order valence-electron chi connectivity index (χ2n) is 5.50. The van der Waals surface area contributed by atoms with Crippen LogP contribution in [-0.2, 0) is 11.2 Å². The minimum absolute atomic E-state index is 0.0913. The molecule has 128 valence electrons. The first kappa shape index (κ1) is 18.9. The van der Waals surface area contributed by atoms with Crippen LogP contribution >= 0.6 is 35.3 Å². The number of amides is 1. The summed E-state index contributed by atoms with van der Waals surface area (Å²) in [7, 11) is 3.74. The Kier molecular flexibility index (Phi) is 6.77. The van der Waals surface area contributed by atoms with E-state index in [-0.39, 0.29) is 11.2 Å². The number of nitrogens with zero attached hydrogens (tertiary/aromatic N) is 2. The van der Waals surface area contributed by atoms with Crippen LogP contribution in [-0.4, -0.2) is 39.5 Å². The molecule has 0 spiro atoms. The molecule has 2 rings (SSSR count). The first-order chi connectivity index (χ1) is 11.4. The zero-order valence-corrected chi connectivity index (χ0v) is 16.6. The van der Waals surface area contributed by atoms with E-state index in [1.807, 2.05) is 31.3 Å². The van der Waals surface area contributed by atoms with Gasteiger partial charge in [0.15, 0.2) is 5.13 Å². The lowest BCUT2D eigenvalue weighted by molar-refractivity contribution is -0.115. The molecule has 0 aliphatic carbocycles. The van der Waals surface area contributed by atoms with Crippen molar-refractivity contribution in [1.82, 2.24) is 9.88 Å². The maximum atomic E-state index is 12.3. The van der Waals surface area contributed by atoms with Crippen molar-refractivity contribution >= 4 is 50.7 Å². The molecule has 1 aromatic heterocycles. The molecule has 0 bridgehead atoms. The molecule has 0 aliphatic rings. The summed E-state index contributed by atoms with van der Waals surface area (Å²) in [6.45, 7) is 3.97. The van der Waals surface area contributed by atoms with Gasteiger partial charge in [0.1, 0.15) is 4.32 Å². The van der Waals surface area contributed by atoms with Gasteiger partial charge in [-0.2, -0.15) is 0 Å². The summed E-state index contributed by atoms with van der Waals surface area (Å²) < 4.78 is 0.688. The highest BCUT2D eigenvalue weighted by Gasteiger charge is 2.18. The minimum Gasteiger partial charge on any atom is -0.364 e.